The van der Waals surface area contributed by atoms with Crippen molar-refractivity contribution in [1.82, 2.24) is 4.90 Å². The Morgan fingerprint density at radius 1 is 1.27 bits per heavy atom. The molecule has 1 aromatic carbocycles. The summed E-state index contributed by atoms with van der Waals surface area (Å²) in [5, 5.41) is 8.91. The number of benzene rings is 1. The molecule has 0 amide bonds. The average Bonchev–Trinajstić information content (AvgIpc) is 2.23. The lowest BCUT2D eigenvalue weighted by Gasteiger charge is -2.38. The molecule has 1 aromatic rings. The molecule has 1 N–H and O–H groups in total. The van der Waals surface area contributed by atoms with Crippen LogP contribution in [0.4, 0.5) is 0 Å². The summed E-state index contributed by atoms with van der Waals surface area (Å²) in [5.74, 6) is 0. The molecule has 0 radical (unpaired) electrons. The second kappa shape index (κ2) is 4.75. The molecular weight excluding hydrogens is 190 g/mol. The van der Waals surface area contributed by atoms with Crippen LogP contribution in [0.1, 0.15) is 11.1 Å². The zero-order valence-electron chi connectivity index (χ0n) is 9.02. The standard InChI is InChI=1S/C12H17NO2/c1-15-12-7-13(8-12)6-10-2-4-11(9-14)5-3-10/h2-5,12,14H,6-9H2,1H3. The van der Waals surface area contributed by atoms with Gasteiger partial charge in [-0.3, -0.25) is 4.90 Å². The molecule has 0 atom stereocenters. The molecule has 82 valence electrons. The molecule has 1 aliphatic rings. The van der Waals surface area contributed by atoms with E-state index in [1.165, 1.54) is 5.56 Å². The van der Waals surface area contributed by atoms with E-state index in [1.807, 2.05) is 12.1 Å². The summed E-state index contributed by atoms with van der Waals surface area (Å²) >= 11 is 0. The van der Waals surface area contributed by atoms with Gasteiger partial charge < -0.3 is 9.84 Å². The van der Waals surface area contributed by atoms with Gasteiger partial charge in [0, 0.05) is 26.7 Å². The number of rotatable bonds is 4. The van der Waals surface area contributed by atoms with Gasteiger partial charge in [0.1, 0.15) is 0 Å². The van der Waals surface area contributed by atoms with Gasteiger partial charge in [0.15, 0.2) is 0 Å². The van der Waals surface area contributed by atoms with Crippen molar-refractivity contribution in [2.45, 2.75) is 19.3 Å². The molecule has 0 unspecified atom stereocenters. The lowest BCUT2D eigenvalue weighted by molar-refractivity contribution is -0.0334. The largest absolute Gasteiger partial charge is 0.392 e. The Hall–Kier alpha value is -0.900. The summed E-state index contributed by atoms with van der Waals surface area (Å²) in [6.07, 6.45) is 0.418. The summed E-state index contributed by atoms with van der Waals surface area (Å²) in [6, 6.07) is 8.10. The first kappa shape index (κ1) is 10.6. The highest BCUT2D eigenvalue weighted by molar-refractivity contribution is 5.22. The van der Waals surface area contributed by atoms with Crippen molar-refractivity contribution in [3.05, 3.63) is 35.4 Å². The van der Waals surface area contributed by atoms with E-state index >= 15 is 0 Å². The van der Waals surface area contributed by atoms with Gasteiger partial charge >= 0.3 is 0 Å². The van der Waals surface area contributed by atoms with Crippen molar-refractivity contribution in [1.29, 1.82) is 0 Å². The minimum absolute atomic E-state index is 0.121. The van der Waals surface area contributed by atoms with E-state index in [0.29, 0.717) is 6.10 Å². The van der Waals surface area contributed by atoms with Gasteiger partial charge in [0.05, 0.1) is 12.7 Å². The van der Waals surface area contributed by atoms with Crippen LogP contribution in [0.25, 0.3) is 0 Å². The third kappa shape index (κ3) is 2.56. The van der Waals surface area contributed by atoms with Crippen LogP contribution in [0, 0.1) is 0 Å². The summed E-state index contributed by atoms with van der Waals surface area (Å²) in [6.45, 7) is 3.15. The number of aliphatic hydroxyl groups excluding tert-OH is 1. The van der Waals surface area contributed by atoms with Gasteiger partial charge in [-0.1, -0.05) is 24.3 Å². The van der Waals surface area contributed by atoms with Crippen LogP contribution in [0.15, 0.2) is 24.3 Å². The normalized spacial score (nSPS) is 17.7. The molecule has 0 aromatic heterocycles. The van der Waals surface area contributed by atoms with Gasteiger partial charge in [0.25, 0.3) is 0 Å². The lowest BCUT2D eigenvalue weighted by Crippen LogP contribution is -2.50. The van der Waals surface area contributed by atoms with Crippen LogP contribution in [0.5, 0.6) is 0 Å². The lowest BCUT2D eigenvalue weighted by atomic mass is 10.1. The molecule has 1 aliphatic heterocycles. The number of hydrogen-bond acceptors (Lipinski definition) is 3. The molecule has 3 heteroatoms. The van der Waals surface area contributed by atoms with E-state index in [1.54, 1.807) is 7.11 Å². The first-order valence-corrected chi connectivity index (χ1v) is 5.25. The minimum Gasteiger partial charge on any atom is -0.392 e. The third-order valence-electron chi connectivity index (χ3n) is 2.87. The van der Waals surface area contributed by atoms with Crippen LogP contribution >= 0.6 is 0 Å². The molecule has 0 spiro atoms. The Morgan fingerprint density at radius 3 is 2.40 bits per heavy atom. The topological polar surface area (TPSA) is 32.7 Å². The third-order valence-corrected chi connectivity index (χ3v) is 2.87. The Kier molecular flexibility index (Phi) is 3.36. The van der Waals surface area contributed by atoms with Gasteiger partial charge in [-0.15, -0.1) is 0 Å². The second-order valence-corrected chi connectivity index (χ2v) is 4.03. The molecule has 1 fully saturated rings. The van der Waals surface area contributed by atoms with Crippen molar-refractivity contribution in [3.63, 3.8) is 0 Å². The monoisotopic (exact) mass is 207 g/mol. The van der Waals surface area contributed by atoms with Crippen LogP contribution in [0.3, 0.4) is 0 Å². The maximum atomic E-state index is 8.91. The fourth-order valence-electron chi connectivity index (χ4n) is 1.81. The van der Waals surface area contributed by atoms with Crippen LogP contribution in [-0.2, 0) is 17.9 Å². The Balaban J connectivity index is 1.84. The first-order chi connectivity index (χ1) is 7.31. The van der Waals surface area contributed by atoms with Crippen molar-refractivity contribution in [2.24, 2.45) is 0 Å². The molecule has 1 heterocycles. The van der Waals surface area contributed by atoms with E-state index < -0.39 is 0 Å². The number of hydrogen-bond donors (Lipinski definition) is 1. The number of nitrogens with zero attached hydrogens (tertiary/aromatic N) is 1. The van der Waals surface area contributed by atoms with Gasteiger partial charge in [0.2, 0.25) is 0 Å². The Morgan fingerprint density at radius 2 is 1.87 bits per heavy atom. The van der Waals surface area contributed by atoms with Gasteiger partial charge in [-0.05, 0) is 11.1 Å². The first-order valence-electron chi connectivity index (χ1n) is 5.25. The smallest absolute Gasteiger partial charge is 0.0825 e. The zero-order chi connectivity index (χ0) is 10.7. The molecular formula is C12H17NO2. The Labute approximate surface area is 90.3 Å². The highest BCUT2D eigenvalue weighted by Gasteiger charge is 2.25. The minimum atomic E-state index is 0.121. The van der Waals surface area contributed by atoms with Crippen molar-refractivity contribution >= 4 is 0 Å². The van der Waals surface area contributed by atoms with Crippen LogP contribution in [-0.4, -0.2) is 36.3 Å². The molecule has 2 rings (SSSR count). The molecule has 15 heavy (non-hydrogen) atoms. The van der Waals surface area contributed by atoms with Crippen LogP contribution < -0.4 is 0 Å². The number of aliphatic hydroxyl groups is 1. The summed E-state index contributed by atoms with van der Waals surface area (Å²) < 4.78 is 5.22. The number of methoxy groups -OCH3 is 1. The highest BCUT2D eigenvalue weighted by atomic mass is 16.5. The van der Waals surface area contributed by atoms with Crippen molar-refractivity contribution < 1.29 is 9.84 Å². The fourth-order valence-corrected chi connectivity index (χ4v) is 1.81. The molecule has 1 saturated heterocycles. The maximum Gasteiger partial charge on any atom is 0.0825 e. The van der Waals surface area contributed by atoms with E-state index in [4.69, 9.17) is 9.84 Å². The molecule has 0 saturated carbocycles. The van der Waals surface area contributed by atoms with E-state index in [0.717, 1.165) is 25.2 Å². The number of likely N-dealkylation sites (tertiary alicyclic amines) is 1. The van der Waals surface area contributed by atoms with Crippen molar-refractivity contribution in [3.8, 4) is 0 Å². The molecule has 0 aliphatic carbocycles. The molecule has 3 nitrogen and oxygen atoms in total. The maximum absolute atomic E-state index is 8.91. The SMILES string of the molecule is COC1CN(Cc2ccc(CO)cc2)C1. The predicted molar refractivity (Wildman–Crippen MR) is 58.4 cm³/mol. The predicted octanol–water partition coefficient (Wildman–Crippen LogP) is 1.01. The van der Waals surface area contributed by atoms with Crippen molar-refractivity contribution in [2.75, 3.05) is 20.2 Å². The fraction of sp³-hybridized carbons (Fsp3) is 0.500. The van der Waals surface area contributed by atoms with Crippen LogP contribution in [0.2, 0.25) is 0 Å². The summed E-state index contributed by atoms with van der Waals surface area (Å²) in [4.78, 5) is 2.35. The van der Waals surface area contributed by atoms with Gasteiger partial charge in [-0.2, -0.15) is 0 Å². The summed E-state index contributed by atoms with van der Waals surface area (Å²) in [7, 11) is 1.76. The quantitative estimate of drug-likeness (QED) is 0.799. The molecule has 0 bridgehead atoms. The summed E-state index contributed by atoms with van der Waals surface area (Å²) in [5.41, 5.74) is 2.26. The van der Waals surface area contributed by atoms with E-state index in [-0.39, 0.29) is 6.61 Å². The van der Waals surface area contributed by atoms with Gasteiger partial charge in [-0.25, -0.2) is 0 Å². The average molecular weight is 207 g/mol. The van der Waals surface area contributed by atoms with E-state index in [2.05, 4.69) is 17.0 Å². The second-order valence-electron chi connectivity index (χ2n) is 4.03. The number of ether oxygens (including phenoxy) is 1. The Bertz CT molecular complexity index is 304. The van der Waals surface area contributed by atoms with E-state index in [9.17, 15) is 0 Å². The zero-order valence-corrected chi connectivity index (χ0v) is 9.02. The highest BCUT2D eigenvalue weighted by Crippen LogP contribution is 2.15.